The second-order valence-electron chi connectivity index (χ2n) is 6.36. The minimum Gasteiger partial charge on any atom is -0.338 e. The molecule has 0 atom stereocenters. The Balaban J connectivity index is 1.70. The molecule has 10 heteroatoms. The maximum Gasteiger partial charge on any atom is 0.451 e. The largest absolute Gasteiger partial charge is 0.451 e. The normalized spacial score (nSPS) is 16.0. The first-order valence-corrected chi connectivity index (χ1v) is 9.61. The van der Waals surface area contributed by atoms with Gasteiger partial charge in [-0.1, -0.05) is 0 Å². The third-order valence-electron chi connectivity index (χ3n) is 4.69. The summed E-state index contributed by atoms with van der Waals surface area (Å²) in [6.45, 7) is 0.719. The van der Waals surface area contributed by atoms with Crippen LogP contribution in [0.25, 0.3) is 0 Å². The minimum atomic E-state index is -4.68. The quantitative estimate of drug-likeness (QED) is 0.744. The molecule has 1 saturated heterocycles. The fourth-order valence-corrected chi connectivity index (χ4v) is 3.58. The standard InChI is InChI=1S/C17H19F3N4O2S/c1-22-15(17(18,19)20)21-24(16(22)26)12-7-9-23(10-8-12)14(25)11-3-5-13(27-2)6-4-11/h3-6,12H,7-10H2,1-2H3. The summed E-state index contributed by atoms with van der Waals surface area (Å²) in [6, 6.07) is 6.81. The maximum atomic E-state index is 12.9. The average Bonchev–Trinajstić information content (AvgIpc) is 2.97. The van der Waals surface area contributed by atoms with Crippen molar-refractivity contribution in [1.82, 2.24) is 19.2 Å². The number of hydrogen-bond donors (Lipinski definition) is 0. The molecule has 3 rings (SSSR count). The van der Waals surface area contributed by atoms with Gasteiger partial charge in [0.05, 0.1) is 6.04 Å². The van der Waals surface area contributed by atoms with Crippen molar-refractivity contribution in [2.45, 2.75) is 30.0 Å². The van der Waals surface area contributed by atoms with Gasteiger partial charge in [-0.25, -0.2) is 9.48 Å². The number of thioether (sulfide) groups is 1. The lowest BCUT2D eigenvalue weighted by atomic mass is 10.0. The van der Waals surface area contributed by atoms with Gasteiger partial charge in [0.1, 0.15) is 0 Å². The van der Waals surface area contributed by atoms with Crippen LogP contribution in [0.5, 0.6) is 0 Å². The van der Waals surface area contributed by atoms with Crippen LogP contribution in [0.3, 0.4) is 0 Å². The molecular weight excluding hydrogens is 381 g/mol. The Hall–Kier alpha value is -2.23. The molecule has 2 heterocycles. The summed E-state index contributed by atoms with van der Waals surface area (Å²) >= 11 is 1.58. The van der Waals surface area contributed by atoms with E-state index in [-0.39, 0.29) is 5.91 Å². The maximum absolute atomic E-state index is 12.9. The molecule has 27 heavy (non-hydrogen) atoms. The van der Waals surface area contributed by atoms with Gasteiger partial charge in [-0.2, -0.15) is 13.2 Å². The molecule has 1 amide bonds. The lowest BCUT2D eigenvalue weighted by Crippen LogP contribution is -2.41. The van der Waals surface area contributed by atoms with E-state index < -0.39 is 23.7 Å². The first kappa shape index (κ1) is 19.5. The van der Waals surface area contributed by atoms with E-state index in [4.69, 9.17) is 0 Å². The second-order valence-corrected chi connectivity index (χ2v) is 7.24. The Morgan fingerprint density at radius 1 is 1.19 bits per heavy atom. The van der Waals surface area contributed by atoms with Crippen molar-refractivity contribution in [2.24, 2.45) is 7.05 Å². The van der Waals surface area contributed by atoms with E-state index in [9.17, 15) is 22.8 Å². The highest BCUT2D eigenvalue weighted by Gasteiger charge is 2.39. The van der Waals surface area contributed by atoms with E-state index in [0.717, 1.165) is 16.6 Å². The topological polar surface area (TPSA) is 60.1 Å². The van der Waals surface area contributed by atoms with E-state index >= 15 is 0 Å². The van der Waals surface area contributed by atoms with Gasteiger partial charge in [-0.05, 0) is 43.4 Å². The van der Waals surface area contributed by atoms with Crippen LogP contribution in [0.4, 0.5) is 13.2 Å². The van der Waals surface area contributed by atoms with E-state index in [0.29, 0.717) is 36.1 Å². The fourth-order valence-electron chi connectivity index (χ4n) is 3.17. The number of halogens is 3. The summed E-state index contributed by atoms with van der Waals surface area (Å²) in [5.74, 6) is -1.33. The Morgan fingerprint density at radius 3 is 2.26 bits per heavy atom. The SMILES string of the molecule is CSc1ccc(C(=O)N2CCC(n3nc(C(F)(F)F)n(C)c3=O)CC2)cc1. The van der Waals surface area contributed by atoms with Crippen molar-refractivity contribution >= 4 is 17.7 Å². The Morgan fingerprint density at radius 2 is 1.78 bits per heavy atom. The van der Waals surface area contributed by atoms with Crippen LogP contribution in [0.1, 0.15) is 35.1 Å². The number of carbonyl (C=O) groups excluding carboxylic acids is 1. The molecule has 0 saturated carbocycles. The number of alkyl halides is 3. The molecule has 0 radical (unpaired) electrons. The van der Waals surface area contributed by atoms with Crippen LogP contribution in [0, 0.1) is 0 Å². The Bertz CT molecular complexity index is 881. The number of benzene rings is 1. The van der Waals surface area contributed by atoms with Crippen molar-refractivity contribution in [3.05, 3.63) is 46.1 Å². The lowest BCUT2D eigenvalue weighted by Gasteiger charge is -2.31. The fraction of sp³-hybridized carbons (Fsp3) is 0.471. The van der Waals surface area contributed by atoms with Gasteiger partial charge in [-0.3, -0.25) is 9.36 Å². The van der Waals surface area contributed by atoms with Crippen molar-refractivity contribution < 1.29 is 18.0 Å². The van der Waals surface area contributed by atoms with Crippen LogP contribution in [-0.4, -0.2) is 44.5 Å². The average molecular weight is 400 g/mol. The van der Waals surface area contributed by atoms with Gasteiger partial charge < -0.3 is 4.90 Å². The smallest absolute Gasteiger partial charge is 0.338 e. The number of nitrogens with zero attached hydrogens (tertiary/aromatic N) is 4. The number of likely N-dealkylation sites (tertiary alicyclic amines) is 1. The molecule has 0 bridgehead atoms. The van der Waals surface area contributed by atoms with E-state index in [1.165, 1.54) is 0 Å². The van der Waals surface area contributed by atoms with E-state index in [2.05, 4.69) is 5.10 Å². The summed E-state index contributed by atoms with van der Waals surface area (Å²) < 4.78 is 40.2. The van der Waals surface area contributed by atoms with E-state index in [1.807, 2.05) is 18.4 Å². The molecule has 0 unspecified atom stereocenters. The zero-order valence-electron chi connectivity index (χ0n) is 14.9. The number of aromatic nitrogens is 3. The van der Waals surface area contributed by atoms with Crippen molar-refractivity contribution in [3.8, 4) is 0 Å². The molecule has 2 aromatic rings. The summed E-state index contributed by atoms with van der Waals surface area (Å²) in [4.78, 5) is 27.4. The number of carbonyl (C=O) groups is 1. The second kappa shape index (κ2) is 7.41. The third-order valence-corrected chi connectivity index (χ3v) is 5.43. The van der Waals surface area contributed by atoms with Crippen LogP contribution in [0.2, 0.25) is 0 Å². The van der Waals surface area contributed by atoms with E-state index in [1.54, 1.807) is 28.8 Å². The molecular formula is C17H19F3N4O2S. The van der Waals surface area contributed by atoms with Crippen LogP contribution in [0.15, 0.2) is 34.0 Å². The Kier molecular flexibility index (Phi) is 5.36. The molecule has 6 nitrogen and oxygen atoms in total. The molecule has 1 aromatic heterocycles. The van der Waals surface area contributed by atoms with Crippen LogP contribution in [-0.2, 0) is 13.2 Å². The van der Waals surface area contributed by atoms with Crippen molar-refractivity contribution in [1.29, 1.82) is 0 Å². The van der Waals surface area contributed by atoms with Crippen molar-refractivity contribution in [2.75, 3.05) is 19.3 Å². The van der Waals surface area contributed by atoms with Crippen LogP contribution < -0.4 is 5.69 Å². The minimum absolute atomic E-state index is 0.120. The summed E-state index contributed by atoms with van der Waals surface area (Å²) in [5, 5.41) is 3.49. The number of rotatable bonds is 3. The lowest BCUT2D eigenvalue weighted by molar-refractivity contribution is -0.147. The number of amides is 1. The highest BCUT2D eigenvalue weighted by molar-refractivity contribution is 7.98. The van der Waals surface area contributed by atoms with Gasteiger partial charge in [0.25, 0.3) is 5.91 Å². The summed E-state index contributed by atoms with van der Waals surface area (Å²) in [5.41, 5.74) is -0.222. The zero-order chi connectivity index (χ0) is 19.8. The summed E-state index contributed by atoms with van der Waals surface area (Å²) in [7, 11) is 1.06. The highest BCUT2D eigenvalue weighted by atomic mass is 32.2. The van der Waals surface area contributed by atoms with Gasteiger partial charge in [0.15, 0.2) is 0 Å². The predicted molar refractivity (Wildman–Crippen MR) is 94.9 cm³/mol. The highest BCUT2D eigenvalue weighted by Crippen LogP contribution is 2.28. The summed E-state index contributed by atoms with van der Waals surface area (Å²) in [6.07, 6.45) is -1.98. The molecule has 1 aliphatic heterocycles. The molecule has 1 aromatic carbocycles. The van der Waals surface area contributed by atoms with Crippen LogP contribution >= 0.6 is 11.8 Å². The molecule has 1 fully saturated rings. The van der Waals surface area contributed by atoms with Gasteiger partial charge >= 0.3 is 11.9 Å². The monoisotopic (exact) mass is 400 g/mol. The first-order chi connectivity index (χ1) is 12.7. The molecule has 0 spiro atoms. The number of hydrogen-bond acceptors (Lipinski definition) is 4. The first-order valence-electron chi connectivity index (χ1n) is 8.38. The molecule has 146 valence electrons. The number of piperidine rings is 1. The van der Waals surface area contributed by atoms with Gasteiger partial charge in [0, 0.05) is 30.6 Å². The molecule has 0 aliphatic carbocycles. The van der Waals surface area contributed by atoms with Gasteiger partial charge in [-0.15, -0.1) is 16.9 Å². The zero-order valence-corrected chi connectivity index (χ0v) is 15.7. The van der Waals surface area contributed by atoms with Gasteiger partial charge in [0.2, 0.25) is 5.82 Å². The van der Waals surface area contributed by atoms with Crippen molar-refractivity contribution in [3.63, 3.8) is 0 Å². The molecule has 0 N–H and O–H groups in total. The molecule has 1 aliphatic rings. The Labute approximate surface area is 158 Å². The predicted octanol–water partition coefficient (Wildman–Crippen LogP) is 2.80. The third kappa shape index (κ3) is 3.90.